The number of carboxylic acid groups (broad SMARTS) is 1. The number of aromatic nitrogens is 1. The van der Waals surface area contributed by atoms with Gasteiger partial charge in [-0.1, -0.05) is 53.7 Å². The summed E-state index contributed by atoms with van der Waals surface area (Å²) >= 11 is 0. The molecule has 3 fully saturated rings. The van der Waals surface area contributed by atoms with Crippen LogP contribution in [0.5, 0.6) is 0 Å². The molecule has 1 amide bonds. The van der Waals surface area contributed by atoms with Gasteiger partial charge in [-0.15, -0.1) is 0 Å². The Kier molecular flexibility index (Phi) is 6.54. The lowest BCUT2D eigenvalue weighted by molar-refractivity contribution is -0.195. The van der Waals surface area contributed by atoms with Gasteiger partial charge in [0.1, 0.15) is 17.5 Å². The zero-order chi connectivity index (χ0) is 26.2. The summed E-state index contributed by atoms with van der Waals surface area (Å²) in [4.78, 5) is 24.0. The summed E-state index contributed by atoms with van der Waals surface area (Å²) in [7, 11) is 0. The molecule has 6 rings (SSSR count). The predicted molar refractivity (Wildman–Crippen MR) is 137 cm³/mol. The number of nitrogens with zero attached hydrogens (tertiary/aromatic N) is 1. The molecule has 8 nitrogen and oxygen atoms in total. The minimum Gasteiger partial charge on any atom is -0.481 e. The van der Waals surface area contributed by atoms with Crippen molar-refractivity contribution in [2.24, 2.45) is 5.41 Å². The van der Waals surface area contributed by atoms with E-state index in [-0.39, 0.29) is 17.4 Å². The molecule has 1 atom stereocenters. The van der Waals surface area contributed by atoms with Gasteiger partial charge in [0.05, 0.1) is 18.6 Å². The number of hydrogen-bond donors (Lipinski definition) is 2. The Morgan fingerprint density at radius 3 is 2.41 bits per heavy atom. The number of aryl methyl sites for hydroxylation is 2. The van der Waals surface area contributed by atoms with Crippen LogP contribution in [0.2, 0.25) is 0 Å². The molecule has 3 heterocycles. The number of hydrogen-bond acceptors (Lipinski definition) is 6. The summed E-state index contributed by atoms with van der Waals surface area (Å²) in [5, 5.41) is 16.1. The maximum Gasteiger partial charge on any atom is 0.412 e. The van der Waals surface area contributed by atoms with Crippen LogP contribution >= 0.6 is 0 Å². The fourth-order valence-corrected chi connectivity index (χ4v) is 5.72. The highest BCUT2D eigenvalue weighted by Gasteiger charge is 2.51. The van der Waals surface area contributed by atoms with E-state index in [0.717, 1.165) is 47.9 Å². The second kappa shape index (κ2) is 9.67. The maximum atomic E-state index is 12.7. The third kappa shape index (κ3) is 4.85. The fourth-order valence-electron chi connectivity index (χ4n) is 5.72. The van der Waals surface area contributed by atoms with Gasteiger partial charge in [0.15, 0.2) is 5.76 Å². The van der Waals surface area contributed by atoms with E-state index in [1.165, 1.54) is 0 Å². The van der Waals surface area contributed by atoms with Crippen molar-refractivity contribution in [1.29, 1.82) is 0 Å². The third-order valence-corrected chi connectivity index (χ3v) is 7.97. The van der Waals surface area contributed by atoms with Crippen molar-refractivity contribution in [3.63, 3.8) is 0 Å². The van der Waals surface area contributed by atoms with E-state index >= 15 is 0 Å². The zero-order valence-corrected chi connectivity index (χ0v) is 21.4. The minimum atomic E-state index is -0.761. The lowest BCUT2D eigenvalue weighted by Crippen LogP contribution is -2.50. The molecule has 3 aliphatic rings. The summed E-state index contributed by atoms with van der Waals surface area (Å²) in [6, 6.07) is 15.7. The smallest absolute Gasteiger partial charge is 0.412 e. The van der Waals surface area contributed by atoms with Crippen LogP contribution in [0.3, 0.4) is 0 Å². The van der Waals surface area contributed by atoms with Crippen LogP contribution < -0.4 is 5.32 Å². The van der Waals surface area contributed by atoms with Gasteiger partial charge in [-0.05, 0) is 63.1 Å². The second-order valence-electron chi connectivity index (χ2n) is 10.4. The number of carbonyl (C=O) groups is 2. The molecule has 2 saturated heterocycles. The van der Waals surface area contributed by atoms with Crippen LogP contribution in [0.1, 0.15) is 67.5 Å². The molecule has 2 N–H and O–H groups in total. The molecule has 2 aromatic carbocycles. The number of aliphatic carboxylic acids is 1. The quantitative estimate of drug-likeness (QED) is 0.376. The molecule has 1 aliphatic carbocycles. The van der Waals surface area contributed by atoms with E-state index in [1.807, 2.05) is 62.4 Å². The minimum absolute atomic E-state index is 0.162. The molecular weight excluding hydrogens is 472 g/mol. The molecular formula is C29H32N2O6. The van der Waals surface area contributed by atoms with Gasteiger partial charge in [-0.2, -0.15) is 0 Å². The van der Waals surface area contributed by atoms with Gasteiger partial charge in [0, 0.05) is 11.0 Å². The number of amides is 1. The number of carboxylic acids is 1. The van der Waals surface area contributed by atoms with Crippen molar-refractivity contribution in [3.8, 4) is 11.3 Å². The number of fused-ring (bicyclic) bond motifs is 3. The zero-order valence-electron chi connectivity index (χ0n) is 21.4. The summed E-state index contributed by atoms with van der Waals surface area (Å²) < 4.78 is 17.5. The van der Waals surface area contributed by atoms with Crippen molar-refractivity contribution < 1.29 is 28.7 Å². The standard InChI is InChI=1S/C29H32N2O6/c1-18-6-4-5-7-23(18)20(3)36-27(34)30-25-19(2)31-37-26(25)21-8-10-22(11-9-21)29-14-12-28(13-15-29,17-35-29)16-24(32)33/h4-11,20H,12-17H2,1-3H3,(H,30,34)(H,32,33). The Morgan fingerprint density at radius 2 is 1.78 bits per heavy atom. The molecule has 1 unspecified atom stereocenters. The number of ether oxygens (including phenoxy) is 2. The number of carbonyl (C=O) groups excluding carboxylic acids is 1. The molecule has 2 aliphatic heterocycles. The van der Waals surface area contributed by atoms with Crippen molar-refractivity contribution in [2.75, 3.05) is 11.9 Å². The molecule has 3 aromatic rings. The van der Waals surface area contributed by atoms with E-state index in [4.69, 9.17) is 14.0 Å². The maximum absolute atomic E-state index is 12.7. The molecule has 1 saturated carbocycles. The molecule has 1 aromatic heterocycles. The summed E-state index contributed by atoms with van der Waals surface area (Å²) in [5.74, 6) is -0.307. The highest BCUT2D eigenvalue weighted by Crippen LogP contribution is 2.55. The molecule has 0 spiro atoms. The highest BCUT2D eigenvalue weighted by atomic mass is 16.6. The van der Waals surface area contributed by atoms with Crippen LogP contribution in [0.4, 0.5) is 10.5 Å². The number of anilines is 1. The first-order valence-electron chi connectivity index (χ1n) is 12.7. The van der Waals surface area contributed by atoms with Crippen molar-refractivity contribution in [1.82, 2.24) is 5.16 Å². The van der Waals surface area contributed by atoms with Gasteiger partial charge in [-0.3, -0.25) is 10.1 Å². The average molecular weight is 505 g/mol. The highest BCUT2D eigenvalue weighted by molar-refractivity contribution is 5.90. The van der Waals surface area contributed by atoms with E-state index in [2.05, 4.69) is 10.5 Å². The Labute approximate surface area is 216 Å². The molecule has 2 bridgehead atoms. The molecule has 8 heteroatoms. The first-order chi connectivity index (χ1) is 17.7. The van der Waals surface area contributed by atoms with Gasteiger partial charge < -0.3 is 19.1 Å². The monoisotopic (exact) mass is 504 g/mol. The van der Waals surface area contributed by atoms with E-state index in [0.29, 0.717) is 23.7 Å². The van der Waals surface area contributed by atoms with E-state index in [1.54, 1.807) is 6.92 Å². The van der Waals surface area contributed by atoms with Crippen LogP contribution in [0.25, 0.3) is 11.3 Å². The van der Waals surface area contributed by atoms with Gasteiger partial charge in [0.25, 0.3) is 0 Å². The van der Waals surface area contributed by atoms with Crippen molar-refractivity contribution in [2.45, 2.75) is 64.6 Å². The third-order valence-electron chi connectivity index (χ3n) is 7.97. The number of nitrogens with one attached hydrogen (secondary N) is 1. The molecule has 37 heavy (non-hydrogen) atoms. The van der Waals surface area contributed by atoms with Gasteiger partial charge in [-0.25, -0.2) is 4.79 Å². The molecule has 0 radical (unpaired) electrons. The number of rotatable bonds is 7. The van der Waals surface area contributed by atoms with Crippen LogP contribution in [-0.4, -0.2) is 28.9 Å². The molecule has 194 valence electrons. The lowest BCUT2D eigenvalue weighted by Gasteiger charge is -2.53. The first kappa shape index (κ1) is 25.0. The largest absolute Gasteiger partial charge is 0.481 e. The fraction of sp³-hybridized carbons (Fsp3) is 0.414. The Balaban J connectivity index is 1.29. The number of benzene rings is 2. The van der Waals surface area contributed by atoms with Crippen molar-refractivity contribution in [3.05, 3.63) is 70.9 Å². The van der Waals surface area contributed by atoms with E-state index in [9.17, 15) is 14.7 Å². The second-order valence-corrected chi connectivity index (χ2v) is 10.4. The predicted octanol–water partition coefficient (Wildman–Crippen LogP) is 6.53. The van der Waals surface area contributed by atoms with Crippen LogP contribution in [0.15, 0.2) is 53.1 Å². The lowest BCUT2D eigenvalue weighted by atomic mass is 9.63. The Hall–Kier alpha value is -3.65. The summed E-state index contributed by atoms with van der Waals surface area (Å²) in [5.41, 5.74) is 4.24. The van der Waals surface area contributed by atoms with Gasteiger partial charge in [0.2, 0.25) is 0 Å². The van der Waals surface area contributed by atoms with Crippen LogP contribution in [-0.2, 0) is 19.9 Å². The van der Waals surface area contributed by atoms with E-state index < -0.39 is 18.2 Å². The van der Waals surface area contributed by atoms with Gasteiger partial charge >= 0.3 is 12.1 Å². The van der Waals surface area contributed by atoms with Crippen molar-refractivity contribution >= 4 is 17.7 Å². The first-order valence-corrected chi connectivity index (χ1v) is 12.7. The topological polar surface area (TPSA) is 111 Å². The summed E-state index contributed by atoms with van der Waals surface area (Å²) in [6.45, 7) is 6.06. The SMILES string of the molecule is Cc1ccccc1C(C)OC(=O)Nc1c(C)noc1-c1ccc(C23CCC(CC(=O)O)(CC2)CO3)cc1. The average Bonchev–Trinajstić information content (AvgIpc) is 3.24. The Morgan fingerprint density at radius 1 is 1.08 bits per heavy atom. The summed E-state index contributed by atoms with van der Waals surface area (Å²) in [6.07, 6.45) is 2.47. The Bertz CT molecular complexity index is 1290. The van der Waals surface area contributed by atoms with Crippen LogP contribution in [0, 0.1) is 19.3 Å². The normalized spacial score (nSPS) is 23.4.